The van der Waals surface area contributed by atoms with Crippen LogP contribution in [0.15, 0.2) is 45.3 Å². The van der Waals surface area contributed by atoms with E-state index in [1.807, 2.05) is 44.2 Å². The number of amides is 1. The Morgan fingerprint density at radius 3 is 2.63 bits per heavy atom. The second kappa shape index (κ2) is 6.12. The average Bonchev–Trinajstić information content (AvgIpc) is 2.83. The molecule has 19 heavy (non-hydrogen) atoms. The molecule has 2 rings (SSSR count). The molecule has 0 saturated carbocycles. The lowest BCUT2D eigenvalue weighted by Crippen LogP contribution is -2.20. The molecule has 0 unspecified atom stereocenters. The first-order chi connectivity index (χ1) is 9.08. The van der Waals surface area contributed by atoms with Gasteiger partial charge in [-0.25, -0.2) is 5.43 Å². The lowest BCUT2D eigenvalue weighted by atomic mass is 10.1. The van der Waals surface area contributed by atoms with Crippen LogP contribution in [-0.2, 0) is 0 Å². The van der Waals surface area contributed by atoms with Crippen LogP contribution in [0.1, 0.15) is 27.7 Å². The van der Waals surface area contributed by atoms with Gasteiger partial charge >= 0.3 is 0 Å². The number of thiophene rings is 1. The van der Waals surface area contributed by atoms with Gasteiger partial charge in [0.05, 0.1) is 14.4 Å². The molecule has 1 N–H and O–H groups in total. The Kier molecular flexibility index (Phi) is 4.50. The normalized spacial score (nSPS) is 11.4. The molecule has 1 aromatic carbocycles. The van der Waals surface area contributed by atoms with E-state index in [4.69, 9.17) is 0 Å². The molecule has 0 aliphatic heterocycles. The van der Waals surface area contributed by atoms with Crippen LogP contribution in [0, 0.1) is 6.92 Å². The van der Waals surface area contributed by atoms with Crippen molar-refractivity contribution in [3.63, 3.8) is 0 Å². The smallest absolute Gasteiger partial charge is 0.267 e. The molecule has 0 bridgehead atoms. The predicted octanol–water partition coefficient (Wildman–Crippen LogP) is 3.97. The van der Waals surface area contributed by atoms with Crippen molar-refractivity contribution in [3.05, 3.63) is 56.2 Å². The van der Waals surface area contributed by atoms with Gasteiger partial charge in [0.1, 0.15) is 0 Å². The highest BCUT2D eigenvalue weighted by atomic mass is 79.9. The third kappa shape index (κ3) is 3.52. The summed E-state index contributed by atoms with van der Waals surface area (Å²) in [4.78, 5) is 13.0. The van der Waals surface area contributed by atoms with E-state index in [2.05, 4.69) is 26.5 Å². The highest BCUT2D eigenvalue weighted by Gasteiger charge is 2.07. The summed E-state index contributed by atoms with van der Waals surface area (Å²) in [7, 11) is 0. The summed E-state index contributed by atoms with van der Waals surface area (Å²) in [5.74, 6) is -0.187. The molecule has 1 aromatic heterocycles. The second-order valence-electron chi connectivity index (χ2n) is 4.06. The zero-order valence-electron chi connectivity index (χ0n) is 10.6. The van der Waals surface area contributed by atoms with Gasteiger partial charge in [0.15, 0.2) is 0 Å². The third-order valence-electron chi connectivity index (χ3n) is 2.64. The molecule has 98 valence electrons. The van der Waals surface area contributed by atoms with E-state index in [-0.39, 0.29) is 5.91 Å². The first kappa shape index (κ1) is 14.0. The fourth-order valence-electron chi connectivity index (χ4n) is 1.59. The van der Waals surface area contributed by atoms with Crippen molar-refractivity contribution in [1.29, 1.82) is 0 Å². The standard InChI is InChI=1S/C14H13BrN2OS/c1-9-5-3-4-6-11(9)14(18)17-16-10(2)12-7-8-13(15)19-12/h3-8H,1-2H3,(H,17,18). The highest BCUT2D eigenvalue weighted by Crippen LogP contribution is 2.22. The number of hydrazone groups is 1. The fourth-order valence-corrected chi connectivity index (χ4v) is 2.92. The van der Waals surface area contributed by atoms with E-state index in [0.717, 1.165) is 19.9 Å². The van der Waals surface area contributed by atoms with Crippen LogP contribution in [0.4, 0.5) is 0 Å². The number of rotatable bonds is 3. The van der Waals surface area contributed by atoms with Crippen LogP contribution in [0.25, 0.3) is 0 Å². The summed E-state index contributed by atoms with van der Waals surface area (Å²) in [5.41, 5.74) is 4.96. The van der Waals surface area contributed by atoms with Crippen LogP contribution >= 0.6 is 27.3 Å². The van der Waals surface area contributed by atoms with Crippen molar-refractivity contribution >= 4 is 38.9 Å². The summed E-state index contributed by atoms with van der Waals surface area (Å²) in [6.45, 7) is 3.78. The van der Waals surface area contributed by atoms with Gasteiger partial charge in [0.25, 0.3) is 5.91 Å². The minimum absolute atomic E-state index is 0.187. The molecule has 0 aliphatic carbocycles. The van der Waals surface area contributed by atoms with Gasteiger partial charge in [0, 0.05) is 5.56 Å². The van der Waals surface area contributed by atoms with E-state index in [1.54, 1.807) is 17.4 Å². The van der Waals surface area contributed by atoms with Crippen LogP contribution in [0.2, 0.25) is 0 Å². The average molecular weight is 337 g/mol. The number of aryl methyl sites for hydroxylation is 1. The molecule has 0 saturated heterocycles. The van der Waals surface area contributed by atoms with Gasteiger partial charge in [-0.1, -0.05) is 18.2 Å². The Morgan fingerprint density at radius 2 is 2.00 bits per heavy atom. The Bertz CT molecular complexity index is 634. The summed E-state index contributed by atoms with van der Waals surface area (Å²) in [5, 5.41) is 4.13. The molecule has 2 aromatic rings. The van der Waals surface area contributed by atoms with Crippen LogP contribution < -0.4 is 5.43 Å². The van der Waals surface area contributed by atoms with E-state index in [1.165, 1.54) is 0 Å². The van der Waals surface area contributed by atoms with Crippen molar-refractivity contribution in [1.82, 2.24) is 5.43 Å². The van der Waals surface area contributed by atoms with Crippen LogP contribution in [0.5, 0.6) is 0 Å². The van der Waals surface area contributed by atoms with Crippen molar-refractivity contribution in [2.75, 3.05) is 0 Å². The first-order valence-electron chi connectivity index (χ1n) is 5.74. The van der Waals surface area contributed by atoms with Crippen molar-refractivity contribution in [2.24, 2.45) is 5.10 Å². The van der Waals surface area contributed by atoms with Gasteiger partial charge in [-0.3, -0.25) is 4.79 Å². The number of halogens is 1. The number of benzene rings is 1. The van der Waals surface area contributed by atoms with Crippen LogP contribution in [0.3, 0.4) is 0 Å². The molecule has 1 amide bonds. The minimum Gasteiger partial charge on any atom is -0.267 e. The number of nitrogens with one attached hydrogen (secondary N) is 1. The lowest BCUT2D eigenvalue weighted by molar-refractivity contribution is 0.0954. The molecule has 0 atom stereocenters. The van der Waals surface area contributed by atoms with Crippen molar-refractivity contribution in [2.45, 2.75) is 13.8 Å². The van der Waals surface area contributed by atoms with E-state index in [0.29, 0.717) is 5.56 Å². The van der Waals surface area contributed by atoms with Crippen molar-refractivity contribution in [3.8, 4) is 0 Å². The molecule has 0 aliphatic rings. The van der Waals surface area contributed by atoms with Gasteiger partial charge in [-0.05, 0) is 53.5 Å². The topological polar surface area (TPSA) is 41.5 Å². The number of hydrogen-bond acceptors (Lipinski definition) is 3. The van der Waals surface area contributed by atoms with Crippen molar-refractivity contribution < 1.29 is 4.79 Å². The molecule has 0 fully saturated rings. The largest absolute Gasteiger partial charge is 0.271 e. The van der Waals surface area contributed by atoms with Gasteiger partial charge < -0.3 is 0 Å². The Hall–Kier alpha value is -1.46. The molecular weight excluding hydrogens is 324 g/mol. The Morgan fingerprint density at radius 1 is 1.26 bits per heavy atom. The number of nitrogens with zero attached hydrogens (tertiary/aromatic N) is 1. The maximum Gasteiger partial charge on any atom is 0.271 e. The quantitative estimate of drug-likeness (QED) is 0.668. The van der Waals surface area contributed by atoms with Gasteiger partial charge in [-0.2, -0.15) is 5.10 Å². The number of carbonyl (C=O) groups is 1. The number of carbonyl (C=O) groups excluding carboxylic acids is 1. The number of hydrogen-bond donors (Lipinski definition) is 1. The maximum atomic E-state index is 12.0. The van der Waals surface area contributed by atoms with E-state index >= 15 is 0 Å². The summed E-state index contributed by atoms with van der Waals surface area (Å²) in [6.07, 6.45) is 0. The maximum absolute atomic E-state index is 12.0. The Balaban J connectivity index is 2.10. The Labute approximate surface area is 124 Å². The molecule has 1 heterocycles. The molecule has 0 spiro atoms. The summed E-state index contributed by atoms with van der Waals surface area (Å²) >= 11 is 4.98. The monoisotopic (exact) mass is 336 g/mol. The minimum atomic E-state index is -0.187. The molecular formula is C14H13BrN2OS. The first-order valence-corrected chi connectivity index (χ1v) is 7.35. The molecule has 0 radical (unpaired) electrons. The zero-order valence-corrected chi connectivity index (χ0v) is 13.0. The van der Waals surface area contributed by atoms with Crippen LogP contribution in [-0.4, -0.2) is 11.6 Å². The molecule has 3 nitrogen and oxygen atoms in total. The predicted molar refractivity (Wildman–Crippen MR) is 82.9 cm³/mol. The lowest BCUT2D eigenvalue weighted by Gasteiger charge is -2.04. The van der Waals surface area contributed by atoms with Gasteiger partial charge in [0.2, 0.25) is 0 Å². The summed E-state index contributed by atoms with van der Waals surface area (Å²) < 4.78 is 1.04. The van der Waals surface area contributed by atoms with E-state index < -0.39 is 0 Å². The zero-order chi connectivity index (χ0) is 13.8. The molecule has 5 heteroatoms. The second-order valence-corrected chi connectivity index (χ2v) is 6.52. The highest BCUT2D eigenvalue weighted by molar-refractivity contribution is 9.11. The fraction of sp³-hybridized carbons (Fsp3) is 0.143. The third-order valence-corrected chi connectivity index (χ3v) is 4.38. The van der Waals surface area contributed by atoms with E-state index in [9.17, 15) is 4.79 Å². The van der Waals surface area contributed by atoms with Gasteiger partial charge in [-0.15, -0.1) is 11.3 Å². The summed E-state index contributed by atoms with van der Waals surface area (Å²) in [6, 6.07) is 11.4. The SMILES string of the molecule is CC(=NNC(=O)c1ccccc1C)c1ccc(Br)s1.